The van der Waals surface area contributed by atoms with Crippen molar-refractivity contribution in [3.8, 4) is 5.69 Å². The molecule has 222 valence electrons. The van der Waals surface area contributed by atoms with Gasteiger partial charge in [-0.25, -0.2) is 4.68 Å². The van der Waals surface area contributed by atoms with Gasteiger partial charge < -0.3 is 15.2 Å². The van der Waals surface area contributed by atoms with Gasteiger partial charge in [0.2, 0.25) is 0 Å². The van der Waals surface area contributed by atoms with Crippen molar-refractivity contribution in [3.63, 3.8) is 0 Å². The lowest BCUT2D eigenvalue weighted by molar-refractivity contribution is -0.125. The number of rotatable bonds is 7. The predicted molar refractivity (Wildman–Crippen MR) is 169 cm³/mol. The summed E-state index contributed by atoms with van der Waals surface area (Å²) in [5.41, 5.74) is 4.49. The molecule has 2 aliphatic heterocycles. The van der Waals surface area contributed by atoms with E-state index in [0.29, 0.717) is 49.0 Å². The van der Waals surface area contributed by atoms with E-state index in [9.17, 15) is 9.59 Å². The monoisotopic (exact) mass is 588 g/mol. The van der Waals surface area contributed by atoms with Gasteiger partial charge in [0.05, 0.1) is 28.9 Å². The second kappa shape index (κ2) is 14.4. The topological polar surface area (TPSA) is 106 Å². The molecule has 2 N–H and O–H groups in total. The van der Waals surface area contributed by atoms with Gasteiger partial charge in [0.15, 0.2) is 0 Å². The molecular formula is C33H41ClN6O2. The SMILES string of the molecule is CC(=N)C(=O)N1CCC(c2c(C(=O)N3CCC(c4ccccc4)C3)cnn2-c2ccc(Cl)cc2)CC1.CCCC(C)=N. The molecule has 3 heterocycles. The molecule has 0 spiro atoms. The summed E-state index contributed by atoms with van der Waals surface area (Å²) in [6, 6.07) is 17.8. The van der Waals surface area contributed by atoms with Crippen LogP contribution in [0, 0.1) is 10.8 Å². The molecule has 2 fully saturated rings. The number of carbonyl (C=O) groups is 2. The third-order valence-corrected chi connectivity index (χ3v) is 8.22. The number of amides is 2. The molecule has 0 radical (unpaired) electrons. The van der Waals surface area contributed by atoms with E-state index < -0.39 is 0 Å². The zero-order valence-electron chi connectivity index (χ0n) is 24.8. The lowest BCUT2D eigenvalue weighted by Crippen LogP contribution is -2.41. The summed E-state index contributed by atoms with van der Waals surface area (Å²) >= 11 is 6.12. The Morgan fingerprint density at radius 1 is 0.905 bits per heavy atom. The van der Waals surface area contributed by atoms with Crippen molar-refractivity contribution in [3.05, 3.63) is 82.6 Å². The molecule has 2 amide bonds. The van der Waals surface area contributed by atoms with Gasteiger partial charge in [0.1, 0.15) is 0 Å². The average molecular weight is 589 g/mol. The van der Waals surface area contributed by atoms with Crippen molar-refractivity contribution in [2.45, 2.75) is 64.7 Å². The van der Waals surface area contributed by atoms with E-state index in [1.165, 1.54) is 12.5 Å². The number of nitrogens with zero attached hydrogens (tertiary/aromatic N) is 4. The van der Waals surface area contributed by atoms with Gasteiger partial charge in [-0.05, 0) is 69.4 Å². The fourth-order valence-corrected chi connectivity index (χ4v) is 5.91. The van der Waals surface area contributed by atoms with E-state index in [0.717, 1.165) is 42.9 Å². The molecule has 3 aromatic rings. The van der Waals surface area contributed by atoms with Crippen LogP contribution in [0.3, 0.4) is 0 Å². The third-order valence-electron chi connectivity index (χ3n) is 7.97. The minimum absolute atomic E-state index is 0.0116. The van der Waals surface area contributed by atoms with Crippen molar-refractivity contribution in [1.29, 1.82) is 10.8 Å². The number of halogens is 1. The number of carbonyl (C=O) groups excluding carboxylic acids is 2. The van der Waals surface area contributed by atoms with E-state index in [1.807, 2.05) is 59.0 Å². The Labute approximate surface area is 253 Å². The number of likely N-dealkylation sites (tertiary alicyclic amines) is 2. The van der Waals surface area contributed by atoms with Crippen molar-refractivity contribution in [2.24, 2.45) is 0 Å². The van der Waals surface area contributed by atoms with Crippen LogP contribution in [0.1, 0.15) is 86.3 Å². The predicted octanol–water partition coefficient (Wildman–Crippen LogP) is 6.73. The second-order valence-electron chi connectivity index (χ2n) is 11.2. The first-order valence-electron chi connectivity index (χ1n) is 14.8. The fraction of sp³-hybridized carbons (Fsp3) is 0.424. The van der Waals surface area contributed by atoms with Gasteiger partial charge in [-0.3, -0.25) is 15.0 Å². The van der Waals surface area contributed by atoms with Crippen LogP contribution in [0.15, 0.2) is 60.8 Å². The fourth-order valence-electron chi connectivity index (χ4n) is 5.78. The number of aromatic nitrogens is 2. The molecule has 8 nitrogen and oxygen atoms in total. The highest BCUT2D eigenvalue weighted by Crippen LogP contribution is 2.35. The molecule has 5 rings (SSSR count). The molecule has 42 heavy (non-hydrogen) atoms. The molecule has 1 atom stereocenters. The van der Waals surface area contributed by atoms with E-state index in [4.69, 9.17) is 22.4 Å². The maximum absolute atomic E-state index is 13.8. The maximum atomic E-state index is 13.8. The molecule has 1 unspecified atom stereocenters. The summed E-state index contributed by atoms with van der Waals surface area (Å²) < 4.78 is 1.86. The van der Waals surface area contributed by atoms with Gasteiger partial charge in [0.25, 0.3) is 11.8 Å². The number of piperidine rings is 1. The second-order valence-corrected chi connectivity index (χ2v) is 11.6. The van der Waals surface area contributed by atoms with Crippen LogP contribution in [0.5, 0.6) is 0 Å². The van der Waals surface area contributed by atoms with E-state index in [-0.39, 0.29) is 23.4 Å². The quantitative estimate of drug-likeness (QED) is 0.299. The molecule has 2 saturated heterocycles. The molecule has 9 heteroatoms. The highest BCUT2D eigenvalue weighted by Gasteiger charge is 2.34. The number of nitrogens with one attached hydrogen (secondary N) is 2. The van der Waals surface area contributed by atoms with Crippen LogP contribution in [0.2, 0.25) is 5.02 Å². The Kier molecular flexibility index (Phi) is 10.7. The first-order chi connectivity index (χ1) is 20.2. The van der Waals surface area contributed by atoms with Crippen molar-refractivity contribution in [1.82, 2.24) is 19.6 Å². The van der Waals surface area contributed by atoms with Gasteiger partial charge >= 0.3 is 0 Å². The number of hydrogen-bond acceptors (Lipinski definition) is 5. The molecule has 2 aliphatic rings. The van der Waals surface area contributed by atoms with Crippen LogP contribution in [-0.4, -0.2) is 69.0 Å². The highest BCUT2D eigenvalue weighted by molar-refractivity contribution is 6.36. The molecule has 1 aromatic heterocycles. The van der Waals surface area contributed by atoms with Gasteiger partial charge in [-0.2, -0.15) is 5.10 Å². The Balaban J connectivity index is 0.000000612. The van der Waals surface area contributed by atoms with Gasteiger partial charge in [0, 0.05) is 48.7 Å². The largest absolute Gasteiger partial charge is 0.338 e. The summed E-state index contributed by atoms with van der Waals surface area (Å²) in [7, 11) is 0. The first-order valence-corrected chi connectivity index (χ1v) is 15.1. The smallest absolute Gasteiger partial charge is 0.267 e. The van der Waals surface area contributed by atoms with Crippen molar-refractivity contribution in [2.75, 3.05) is 26.2 Å². The van der Waals surface area contributed by atoms with E-state index >= 15 is 0 Å². The molecule has 0 saturated carbocycles. The Bertz CT molecular complexity index is 1390. The molecular weight excluding hydrogens is 548 g/mol. The van der Waals surface area contributed by atoms with Crippen LogP contribution in [0.25, 0.3) is 5.69 Å². The standard InChI is InChI=1S/C28H30ClN5O2.C5H11N/c1-19(30)27(35)32-14-11-21(12-15-32)26-25(17-31-34(26)24-9-7-23(29)8-10-24)28(36)33-16-13-22(18-33)20-5-3-2-4-6-20;1-3-4-5(2)6/h2-10,17,21-22,30H,11-16,18H2,1H3;6H,3-4H2,1-2H3. The van der Waals surface area contributed by atoms with Crippen LogP contribution >= 0.6 is 11.6 Å². The Morgan fingerprint density at radius 2 is 1.52 bits per heavy atom. The lowest BCUT2D eigenvalue weighted by Gasteiger charge is -2.32. The number of hydrogen-bond donors (Lipinski definition) is 2. The van der Waals surface area contributed by atoms with Gasteiger partial charge in [-0.1, -0.05) is 55.3 Å². The normalized spacial score (nSPS) is 17.0. The van der Waals surface area contributed by atoms with Crippen molar-refractivity contribution < 1.29 is 9.59 Å². The van der Waals surface area contributed by atoms with E-state index in [2.05, 4.69) is 24.2 Å². The summed E-state index contributed by atoms with van der Waals surface area (Å²) in [4.78, 5) is 29.8. The third kappa shape index (κ3) is 7.53. The first kappa shape index (κ1) is 31.2. The Hall–Kier alpha value is -3.78. The zero-order valence-corrected chi connectivity index (χ0v) is 25.5. The minimum Gasteiger partial charge on any atom is -0.338 e. The summed E-state index contributed by atoms with van der Waals surface area (Å²) in [6.45, 7) is 7.97. The minimum atomic E-state index is -0.222. The summed E-state index contributed by atoms with van der Waals surface area (Å²) in [5.74, 6) is 0.200. The highest BCUT2D eigenvalue weighted by atomic mass is 35.5. The molecule has 2 aromatic carbocycles. The van der Waals surface area contributed by atoms with Crippen LogP contribution < -0.4 is 0 Å². The zero-order chi connectivity index (χ0) is 30.2. The van der Waals surface area contributed by atoms with Crippen LogP contribution in [-0.2, 0) is 4.79 Å². The summed E-state index contributed by atoms with van der Waals surface area (Å²) in [6.07, 6.45) is 6.13. The molecule has 0 aliphatic carbocycles. The van der Waals surface area contributed by atoms with Gasteiger partial charge in [-0.15, -0.1) is 0 Å². The lowest BCUT2D eigenvalue weighted by atomic mass is 9.90. The van der Waals surface area contributed by atoms with Crippen LogP contribution in [0.4, 0.5) is 0 Å². The molecule has 0 bridgehead atoms. The average Bonchev–Trinajstić information content (AvgIpc) is 3.66. The maximum Gasteiger partial charge on any atom is 0.267 e. The van der Waals surface area contributed by atoms with Crippen molar-refractivity contribution >= 4 is 34.8 Å². The summed E-state index contributed by atoms with van der Waals surface area (Å²) in [5, 5.41) is 19.9. The number of benzene rings is 2. The van der Waals surface area contributed by atoms with E-state index in [1.54, 1.807) is 11.1 Å². The Morgan fingerprint density at radius 3 is 2.10 bits per heavy atom.